The SMILES string of the molecule is CO[C@H]1C[C@H](c2nnc(C)o2)N(C(=O)c2cc(C)n(C3CC3)c2C)C1. The molecule has 7 nitrogen and oxygen atoms in total. The first kappa shape index (κ1) is 16.3. The van der Waals surface area contributed by atoms with Gasteiger partial charge in [-0.1, -0.05) is 0 Å². The molecule has 1 aliphatic heterocycles. The van der Waals surface area contributed by atoms with Crippen LogP contribution in [0.4, 0.5) is 0 Å². The summed E-state index contributed by atoms with van der Waals surface area (Å²) >= 11 is 0. The molecule has 0 radical (unpaired) electrons. The van der Waals surface area contributed by atoms with Crippen molar-refractivity contribution in [2.24, 2.45) is 0 Å². The molecular weight excluding hydrogens is 320 g/mol. The zero-order valence-corrected chi connectivity index (χ0v) is 15.2. The third-order valence-corrected chi connectivity index (χ3v) is 5.31. The fourth-order valence-corrected chi connectivity index (χ4v) is 3.92. The van der Waals surface area contributed by atoms with Crippen LogP contribution >= 0.6 is 0 Å². The number of aromatic nitrogens is 3. The minimum Gasteiger partial charge on any atom is -0.423 e. The Labute approximate surface area is 147 Å². The van der Waals surface area contributed by atoms with Gasteiger partial charge >= 0.3 is 0 Å². The van der Waals surface area contributed by atoms with Crippen LogP contribution in [0.5, 0.6) is 0 Å². The zero-order valence-electron chi connectivity index (χ0n) is 15.2. The standard InChI is InChI=1S/C18H24N4O3/c1-10-7-15(11(2)22(10)13-5-6-13)18(23)21-9-14(24-4)8-16(21)17-20-19-12(3)25-17/h7,13-14,16H,5-6,8-9H2,1-4H3/t14-,16+/m0/s1. The Morgan fingerprint density at radius 1 is 1.28 bits per heavy atom. The highest BCUT2D eigenvalue weighted by atomic mass is 16.5. The van der Waals surface area contributed by atoms with Crippen LogP contribution in [0.25, 0.3) is 0 Å². The number of nitrogens with zero attached hydrogens (tertiary/aromatic N) is 4. The summed E-state index contributed by atoms with van der Waals surface area (Å²) in [5.41, 5.74) is 2.96. The largest absolute Gasteiger partial charge is 0.423 e. The van der Waals surface area contributed by atoms with Crippen LogP contribution in [0.3, 0.4) is 0 Å². The molecule has 2 aromatic rings. The molecule has 1 aliphatic carbocycles. The van der Waals surface area contributed by atoms with Gasteiger partial charge in [0.1, 0.15) is 6.04 Å². The van der Waals surface area contributed by atoms with Crippen molar-refractivity contribution >= 4 is 5.91 Å². The molecule has 3 heterocycles. The highest BCUT2D eigenvalue weighted by Crippen LogP contribution is 2.40. The van der Waals surface area contributed by atoms with Crippen molar-refractivity contribution in [3.63, 3.8) is 0 Å². The van der Waals surface area contributed by atoms with Gasteiger partial charge in [0.15, 0.2) is 0 Å². The fraction of sp³-hybridized carbons (Fsp3) is 0.611. The van der Waals surface area contributed by atoms with Gasteiger partial charge in [-0.05, 0) is 32.8 Å². The second kappa shape index (κ2) is 5.98. The van der Waals surface area contributed by atoms with Crippen LogP contribution < -0.4 is 0 Å². The Morgan fingerprint density at radius 3 is 2.64 bits per heavy atom. The van der Waals surface area contributed by atoms with E-state index in [1.165, 1.54) is 12.8 Å². The summed E-state index contributed by atoms with van der Waals surface area (Å²) in [6, 6.07) is 2.33. The van der Waals surface area contributed by atoms with E-state index in [2.05, 4.69) is 21.7 Å². The van der Waals surface area contributed by atoms with Gasteiger partial charge < -0.3 is 18.6 Å². The molecule has 0 spiro atoms. The van der Waals surface area contributed by atoms with Crippen molar-refractivity contribution in [1.82, 2.24) is 19.7 Å². The van der Waals surface area contributed by atoms with Gasteiger partial charge in [0.2, 0.25) is 11.8 Å². The normalized spacial score (nSPS) is 23.4. The quantitative estimate of drug-likeness (QED) is 0.853. The summed E-state index contributed by atoms with van der Waals surface area (Å²) in [7, 11) is 1.67. The summed E-state index contributed by atoms with van der Waals surface area (Å²) in [6.07, 6.45) is 3.05. The summed E-state index contributed by atoms with van der Waals surface area (Å²) in [4.78, 5) is 15.1. The smallest absolute Gasteiger partial charge is 0.256 e. The van der Waals surface area contributed by atoms with E-state index in [4.69, 9.17) is 9.15 Å². The molecule has 134 valence electrons. The van der Waals surface area contributed by atoms with E-state index in [1.54, 1.807) is 14.0 Å². The number of hydrogen-bond acceptors (Lipinski definition) is 5. The maximum Gasteiger partial charge on any atom is 0.256 e. The monoisotopic (exact) mass is 344 g/mol. The number of methoxy groups -OCH3 is 1. The van der Waals surface area contributed by atoms with Crippen molar-refractivity contribution in [3.05, 3.63) is 34.8 Å². The van der Waals surface area contributed by atoms with Crippen LogP contribution in [-0.4, -0.2) is 45.3 Å². The molecule has 0 N–H and O–H groups in total. The lowest BCUT2D eigenvalue weighted by Gasteiger charge is -2.22. The molecule has 2 aromatic heterocycles. The first-order chi connectivity index (χ1) is 12.0. The molecule has 2 aliphatic rings. The highest BCUT2D eigenvalue weighted by molar-refractivity contribution is 5.96. The predicted molar refractivity (Wildman–Crippen MR) is 90.4 cm³/mol. The molecule has 2 atom stereocenters. The molecule has 0 bridgehead atoms. The van der Waals surface area contributed by atoms with E-state index in [0.29, 0.717) is 30.8 Å². The number of likely N-dealkylation sites (tertiary alicyclic amines) is 1. The summed E-state index contributed by atoms with van der Waals surface area (Å²) < 4.78 is 13.4. The second-order valence-corrected chi connectivity index (χ2v) is 7.11. The summed E-state index contributed by atoms with van der Waals surface area (Å²) in [5.74, 6) is 1.01. The Balaban J connectivity index is 1.66. The van der Waals surface area contributed by atoms with Gasteiger partial charge in [-0.15, -0.1) is 10.2 Å². The van der Waals surface area contributed by atoms with E-state index in [1.807, 2.05) is 17.9 Å². The molecule has 4 rings (SSSR count). The number of carbonyl (C=O) groups is 1. The van der Waals surface area contributed by atoms with Crippen molar-refractivity contribution in [2.45, 2.75) is 58.2 Å². The van der Waals surface area contributed by atoms with Gasteiger partial charge in [0, 0.05) is 44.4 Å². The van der Waals surface area contributed by atoms with Crippen LogP contribution in [0, 0.1) is 20.8 Å². The average Bonchev–Trinajstić information content (AvgIpc) is 3.04. The molecule has 0 aromatic carbocycles. The molecule has 7 heteroatoms. The molecule has 25 heavy (non-hydrogen) atoms. The Kier molecular flexibility index (Phi) is 3.91. The fourth-order valence-electron chi connectivity index (χ4n) is 3.92. The lowest BCUT2D eigenvalue weighted by atomic mass is 10.1. The first-order valence-electron chi connectivity index (χ1n) is 8.81. The third-order valence-electron chi connectivity index (χ3n) is 5.31. The second-order valence-electron chi connectivity index (χ2n) is 7.11. The van der Waals surface area contributed by atoms with Gasteiger partial charge in [0.05, 0.1) is 11.7 Å². The van der Waals surface area contributed by atoms with Crippen LogP contribution in [0.15, 0.2) is 10.5 Å². The number of ether oxygens (including phenoxy) is 1. The molecule has 1 amide bonds. The number of rotatable bonds is 4. The van der Waals surface area contributed by atoms with Gasteiger partial charge in [-0.25, -0.2) is 0 Å². The van der Waals surface area contributed by atoms with E-state index < -0.39 is 0 Å². The maximum atomic E-state index is 13.3. The zero-order chi connectivity index (χ0) is 17.7. The number of amides is 1. The Bertz CT molecular complexity index is 805. The van der Waals surface area contributed by atoms with Crippen LogP contribution in [0.2, 0.25) is 0 Å². The topological polar surface area (TPSA) is 73.4 Å². The molecule has 0 unspecified atom stereocenters. The van der Waals surface area contributed by atoms with Crippen LogP contribution in [0.1, 0.15) is 64.9 Å². The van der Waals surface area contributed by atoms with Crippen molar-refractivity contribution in [2.75, 3.05) is 13.7 Å². The van der Waals surface area contributed by atoms with Gasteiger partial charge in [0.25, 0.3) is 5.91 Å². The molecule has 1 saturated heterocycles. The predicted octanol–water partition coefficient (Wildman–Crippen LogP) is 2.73. The summed E-state index contributed by atoms with van der Waals surface area (Å²) in [6.45, 7) is 6.40. The van der Waals surface area contributed by atoms with Gasteiger partial charge in [-0.2, -0.15) is 0 Å². The number of carbonyl (C=O) groups excluding carboxylic acids is 1. The number of hydrogen-bond donors (Lipinski definition) is 0. The average molecular weight is 344 g/mol. The minimum absolute atomic E-state index is 0.0143. The summed E-state index contributed by atoms with van der Waals surface area (Å²) in [5, 5.41) is 8.05. The van der Waals surface area contributed by atoms with Crippen molar-refractivity contribution in [1.29, 1.82) is 0 Å². The Hall–Kier alpha value is -2.15. The molecular formula is C18H24N4O3. The van der Waals surface area contributed by atoms with Crippen LogP contribution in [-0.2, 0) is 4.74 Å². The van der Waals surface area contributed by atoms with E-state index in [9.17, 15) is 4.79 Å². The molecule has 2 fully saturated rings. The van der Waals surface area contributed by atoms with Crippen molar-refractivity contribution < 1.29 is 13.9 Å². The lowest BCUT2D eigenvalue weighted by molar-refractivity contribution is 0.0673. The molecule has 1 saturated carbocycles. The first-order valence-corrected chi connectivity index (χ1v) is 8.81. The van der Waals surface area contributed by atoms with E-state index in [-0.39, 0.29) is 18.1 Å². The van der Waals surface area contributed by atoms with E-state index in [0.717, 1.165) is 17.0 Å². The highest BCUT2D eigenvalue weighted by Gasteiger charge is 2.41. The van der Waals surface area contributed by atoms with Gasteiger partial charge in [-0.3, -0.25) is 4.79 Å². The maximum absolute atomic E-state index is 13.3. The number of aryl methyl sites for hydroxylation is 2. The minimum atomic E-state index is -0.234. The third kappa shape index (κ3) is 2.76. The van der Waals surface area contributed by atoms with Crippen molar-refractivity contribution in [3.8, 4) is 0 Å². The Morgan fingerprint density at radius 2 is 2.04 bits per heavy atom. The lowest BCUT2D eigenvalue weighted by Crippen LogP contribution is -2.32. The van der Waals surface area contributed by atoms with E-state index >= 15 is 0 Å².